The van der Waals surface area contributed by atoms with E-state index in [9.17, 15) is 15.0 Å². The molecule has 0 rings (SSSR count). The van der Waals surface area contributed by atoms with Crippen molar-refractivity contribution in [3.05, 3.63) is 11.8 Å². The first kappa shape index (κ1) is 19.4. The minimum Gasteiger partial charge on any atom is -0.550 e. The van der Waals surface area contributed by atoms with E-state index in [-0.39, 0.29) is 41.7 Å². The molecule has 3 nitrogen and oxygen atoms in total. The summed E-state index contributed by atoms with van der Waals surface area (Å²) >= 11 is 0. The monoisotopic (exact) mass is 250 g/mol. The maximum absolute atomic E-state index is 10.1. The summed E-state index contributed by atoms with van der Waals surface area (Å²) in [7, 11) is 0. The molecular weight excluding hydrogens is 227 g/mol. The number of carbonyl (C=O) groups is 1. The zero-order chi connectivity index (χ0) is 12.2. The number of allylic oxidation sites excluding steroid dienone is 1. The molecule has 0 aromatic rings. The Morgan fingerprint density at radius 1 is 1.12 bits per heavy atom. The second kappa shape index (κ2) is 14.1. The fourth-order valence-electron chi connectivity index (χ4n) is 1.57. The van der Waals surface area contributed by atoms with Crippen LogP contribution in [0, 0.1) is 0 Å². The quantitative estimate of drug-likeness (QED) is 0.329. The molecule has 0 aliphatic rings. The molecule has 0 saturated carbocycles. The summed E-state index contributed by atoms with van der Waals surface area (Å²) < 4.78 is 0. The molecule has 0 aliphatic carbocycles. The van der Waals surface area contributed by atoms with Crippen LogP contribution in [0.1, 0.15) is 64.7 Å². The molecule has 0 aromatic carbocycles. The topological polar surface area (TPSA) is 60.4 Å². The van der Waals surface area contributed by atoms with Gasteiger partial charge in [0.15, 0.2) is 0 Å². The van der Waals surface area contributed by atoms with Gasteiger partial charge in [0.25, 0.3) is 0 Å². The Kier molecular flexibility index (Phi) is 16.0. The molecule has 94 valence electrons. The fraction of sp³-hybridized carbons (Fsp3) is 0.769. The smallest absolute Gasteiger partial charge is 0.550 e. The van der Waals surface area contributed by atoms with Crippen LogP contribution in [0.2, 0.25) is 0 Å². The van der Waals surface area contributed by atoms with Crippen LogP contribution in [-0.4, -0.2) is 11.1 Å². The molecule has 0 amide bonds. The van der Waals surface area contributed by atoms with E-state index in [0.717, 1.165) is 12.8 Å². The summed E-state index contributed by atoms with van der Waals surface area (Å²) in [5, 5.41) is 19.4. The first-order valence-electron chi connectivity index (χ1n) is 6.24. The van der Waals surface area contributed by atoms with Crippen LogP contribution in [0.3, 0.4) is 0 Å². The average molecular weight is 250 g/mol. The second-order valence-corrected chi connectivity index (χ2v) is 4.14. The Bertz CT molecular complexity index is 215. The van der Waals surface area contributed by atoms with Crippen LogP contribution in [0.25, 0.3) is 0 Å². The van der Waals surface area contributed by atoms with Crippen molar-refractivity contribution in [2.24, 2.45) is 0 Å². The van der Waals surface area contributed by atoms with Crippen molar-refractivity contribution in [3.8, 4) is 0 Å². The van der Waals surface area contributed by atoms with Crippen molar-refractivity contribution >= 4 is 5.97 Å². The van der Waals surface area contributed by atoms with Gasteiger partial charge in [-0.15, -0.1) is 0 Å². The summed E-state index contributed by atoms with van der Waals surface area (Å²) in [5.74, 6) is -0.969. The van der Waals surface area contributed by atoms with E-state index in [0.29, 0.717) is 6.42 Å². The Balaban J connectivity index is 0. The van der Waals surface area contributed by atoms with Gasteiger partial charge in [-0.1, -0.05) is 45.4 Å². The first-order chi connectivity index (χ1) is 7.66. The number of carboxylic acid groups (broad SMARTS) is 1. The van der Waals surface area contributed by atoms with Gasteiger partial charge in [-0.05, 0) is 12.5 Å². The van der Waals surface area contributed by atoms with Crippen molar-refractivity contribution in [1.82, 2.24) is 0 Å². The van der Waals surface area contributed by atoms with Crippen LogP contribution in [0.15, 0.2) is 11.8 Å². The Labute approximate surface area is 127 Å². The van der Waals surface area contributed by atoms with Gasteiger partial charge < -0.3 is 15.0 Å². The van der Waals surface area contributed by atoms with E-state index in [2.05, 4.69) is 6.92 Å². The Morgan fingerprint density at radius 3 is 2.18 bits per heavy atom. The third-order valence-corrected chi connectivity index (χ3v) is 2.54. The van der Waals surface area contributed by atoms with Gasteiger partial charge in [0.2, 0.25) is 0 Å². The van der Waals surface area contributed by atoms with Gasteiger partial charge in [0.05, 0.1) is 5.76 Å². The van der Waals surface area contributed by atoms with Crippen molar-refractivity contribution in [2.45, 2.75) is 64.7 Å². The Hall–Kier alpha value is 0.0100. The average Bonchev–Trinajstić information content (AvgIpc) is 2.25. The molecule has 0 aliphatic heterocycles. The molecule has 0 heterocycles. The Morgan fingerprint density at radius 2 is 1.65 bits per heavy atom. The van der Waals surface area contributed by atoms with Crippen molar-refractivity contribution < 1.29 is 44.6 Å². The number of hydrogen-bond acceptors (Lipinski definition) is 3. The SMILES string of the molecule is CCCCCCCCCC(O)=CCC(=O)[O-].[Na+]. The van der Waals surface area contributed by atoms with Crippen LogP contribution >= 0.6 is 0 Å². The van der Waals surface area contributed by atoms with Crippen LogP contribution in [0.4, 0.5) is 0 Å². The van der Waals surface area contributed by atoms with E-state index >= 15 is 0 Å². The minimum absolute atomic E-state index is 0. The summed E-state index contributed by atoms with van der Waals surface area (Å²) in [6.45, 7) is 2.19. The third-order valence-electron chi connectivity index (χ3n) is 2.54. The van der Waals surface area contributed by atoms with E-state index in [1.807, 2.05) is 0 Å². The predicted octanol–water partition coefficient (Wildman–Crippen LogP) is -0.287. The molecule has 0 fully saturated rings. The molecule has 0 atom stereocenters. The molecule has 0 unspecified atom stereocenters. The van der Waals surface area contributed by atoms with Crippen molar-refractivity contribution in [1.29, 1.82) is 0 Å². The number of aliphatic hydroxyl groups excluding tert-OH is 1. The molecule has 1 N–H and O–H groups in total. The molecular formula is C13H23NaO3. The number of unbranched alkanes of at least 4 members (excludes halogenated alkanes) is 6. The maximum atomic E-state index is 10.1. The van der Waals surface area contributed by atoms with E-state index in [1.54, 1.807) is 0 Å². The van der Waals surface area contributed by atoms with Gasteiger partial charge >= 0.3 is 29.6 Å². The summed E-state index contributed by atoms with van der Waals surface area (Å²) in [5.41, 5.74) is 0. The number of rotatable bonds is 10. The zero-order valence-electron chi connectivity index (χ0n) is 11.2. The molecule has 0 radical (unpaired) electrons. The largest absolute Gasteiger partial charge is 1.00 e. The van der Waals surface area contributed by atoms with Crippen molar-refractivity contribution in [2.75, 3.05) is 0 Å². The van der Waals surface area contributed by atoms with Crippen LogP contribution < -0.4 is 34.7 Å². The van der Waals surface area contributed by atoms with E-state index in [4.69, 9.17) is 0 Å². The van der Waals surface area contributed by atoms with E-state index in [1.165, 1.54) is 38.2 Å². The van der Waals surface area contributed by atoms with Gasteiger partial charge in [-0.25, -0.2) is 0 Å². The minimum atomic E-state index is -1.15. The molecule has 0 aromatic heterocycles. The standard InChI is InChI=1S/C13H24O3.Na/c1-2-3-4-5-6-7-8-9-12(14)10-11-13(15)16;/h10,14H,2-9,11H2,1H3,(H,15,16);/q;+1/p-1. The van der Waals surface area contributed by atoms with Gasteiger partial charge in [-0.3, -0.25) is 0 Å². The summed E-state index contributed by atoms with van der Waals surface area (Å²) in [6.07, 6.45) is 10.1. The molecule has 17 heavy (non-hydrogen) atoms. The van der Waals surface area contributed by atoms with Crippen LogP contribution in [0.5, 0.6) is 0 Å². The number of carbonyl (C=O) groups excluding carboxylic acids is 1. The van der Waals surface area contributed by atoms with Crippen LogP contribution in [-0.2, 0) is 4.79 Å². The van der Waals surface area contributed by atoms with Gasteiger partial charge in [0.1, 0.15) is 0 Å². The summed E-state index contributed by atoms with van der Waals surface area (Å²) in [4.78, 5) is 10.1. The molecule has 0 saturated heterocycles. The second-order valence-electron chi connectivity index (χ2n) is 4.14. The number of aliphatic carboxylic acids is 1. The maximum Gasteiger partial charge on any atom is 1.00 e. The van der Waals surface area contributed by atoms with Gasteiger partial charge in [-0.2, -0.15) is 0 Å². The first-order valence-corrected chi connectivity index (χ1v) is 6.24. The van der Waals surface area contributed by atoms with Crippen molar-refractivity contribution in [3.63, 3.8) is 0 Å². The number of aliphatic hydroxyl groups is 1. The van der Waals surface area contributed by atoms with Gasteiger partial charge in [0, 0.05) is 18.8 Å². The predicted molar refractivity (Wildman–Crippen MR) is 62.9 cm³/mol. The summed E-state index contributed by atoms with van der Waals surface area (Å²) in [6, 6.07) is 0. The van der Waals surface area contributed by atoms with E-state index < -0.39 is 5.97 Å². The number of hydrogen-bond donors (Lipinski definition) is 1. The normalized spacial score (nSPS) is 11.0. The number of carboxylic acids is 1. The zero-order valence-corrected chi connectivity index (χ0v) is 13.2. The third kappa shape index (κ3) is 16.0. The molecule has 0 spiro atoms. The molecule has 0 bridgehead atoms. The fourth-order valence-corrected chi connectivity index (χ4v) is 1.57. The molecule has 4 heteroatoms.